The Labute approximate surface area is 230 Å². The highest BCUT2D eigenvalue weighted by Gasteiger charge is 2.37. The average Bonchev–Trinajstić information content (AvgIpc) is 3.18. The number of hydrogen-bond acceptors (Lipinski definition) is 9. The summed E-state index contributed by atoms with van der Waals surface area (Å²) in [6, 6.07) is 11.1. The summed E-state index contributed by atoms with van der Waals surface area (Å²) in [5.41, 5.74) is 1.72. The lowest BCUT2D eigenvalue weighted by Gasteiger charge is -2.27. The van der Waals surface area contributed by atoms with Gasteiger partial charge in [-0.05, 0) is 60.1 Å². The van der Waals surface area contributed by atoms with Crippen molar-refractivity contribution < 1.29 is 27.6 Å². The van der Waals surface area contributed by atoms with Crippen LogP contribution < -0.4 is 19.6 Å². The molecule has 0 saturated heterocycles. The van der Waals surface area contributed by atoms with Crippen molar-refractivity contribution in [3.05, 3.63) is 80.0 Å². The predicted molar refractivity (Wildman–Crippen MR) is 149 cm³/mol. The number of nitrogens with zero attached hydrogens (tertiary/aromatic N) is 2. The summed E-state index contributed by atoms with van der Waals surface area (Å²) in [5.74, 6) is 1.20. The maximum absolute atomic E-state index is 13.8. The predicted octanol–water partition coefficient (Wildman–Crippen LogP) is 4.68. The summed E-state index contributed by atoms with van der Waals surface area (Å²) < 4.78 is 45.7. The molecule has 3 aromatic carbocycles. The summed E-state index contributed by atoms with van der Waals surface area (Å²) in [6.45, 7) is 0. The first-order chi connectivity index (χ1) is 18.6. The fraction of sp³-hybridized carbons (Fsp3) is 0.296. The second kappa shape index (κ2) is 11.2. The zero-order valence-corrected chi connectivity index (χ0v) is 23.7. The number of ether oxygens (including phenoxy) is 3. The number of para-hydroxylation sites is 1. The van der Waals surface area contributed by atoms with Gasteiger partial charge in [-0.2, -0.15) is 4.31 Å². The van der Waals surface area contributed by atoms with E-state index in [4.69, 9.17) is 14.2 Å². The molecule has 0 spiro atoms. The van der Waals surface area contributed by atoms with Gasteiger partial charge < -0.3 is 14.2 Å². The molecule has 0 amide bonds. The molecule has 0 fully saturated rings. The van der Waals surface area contributed by atoms with E-state index in [1.165, 1.54) is 64.4 Å². The number of methoxy groups -OCH3 is 3. The molecule has 1 atom stereocenters. The lowest BCUT2D eigenvalue weighted by Crippen LogP contribution is -2.32. The van der Waals surface area contributed by atoms with E-state index < -0.39 is 31.6 Å². The van der Waals surface area contributed by atoms with E-state index in [9.17, 15) is 23.3 Å². The Balaban J connectivity index is 2.03. The molecule has 0 heterocycles. The quantitative estimate of drug-likeness (QED) is 0.215. The molecule has 0 radical (unpaired) electrons. The molecule has 4 rings (SSSR count). The van der Waals surface area contributed by atoms with Gasteiger partial charge >= 0.3 is 0 Å². The Bertz CT molecular complexity index is 1610. The van der Waals surface area contributed by atoms with Crippen LogP contribution in [0.4, 0.5) is 5.69 Å². The van der Waals surface area contributed by atoms with Crippen molar-refractivity contribution in [1.29, 1.82) is 0 Å². The summed E-state index contributed by atoms with van der Waals surface area (Å²) in [6.07, 6.45) is 2.47. The molecule has 206 valence electrons. The van der Waals surface area contributed by atoms with Gasteiger partial charge in [0.1, 0.15) is 0 Å². The number of thioether (sulfide) groups is 1. The number of rotatable bonds is 8. The van der Waals surface area contributed by atoms with Crippen molar-refractivity contribution in [3.8, 4) is 28.4 Å². The van der Waals surface area contributed by atoms with E-state index in [-0.39, 0.29) is 11.8 Å². The molecular weight excluding hydrogens is 544 g/mol. The highest BCUT2D eigenvalue weighted by molar-refractivity contribution is 7.98. The molecule has 1 aliphatic carbocycles. The van der Waals surface area contributed by atoms with E-state index >= 15 is 0 Å². The van der Waals surface area contributed by atoms with Gasteiger partial charge in [0.05, 0.1) is 37.2 Å². The SMILES string of the molecule is COc1cc2c(c(OC)c1OC)-c1ccc(SC)c(=O)cc1[C@@H](N(C)S(=O)(=O)c1ccccc1[N+](=O)[O-])CC2. The van der Waals surface area contributed by atoms with Crippen LogP contribution in [0.5, 0.6) is 17.2 Å². The van der Waals surface area contributed by atoms with Gasteiger partial charge in [0.15, 0.2) is 21.8 Å². The van der Waals surface area contributed by atoms with Crippen molar-refractivity contribution in [2.75, 3.05) is 34.6 Å². The standard InChI is InChI=1S/C27H28N2O8S2/c1-28(39(33,34)24-9-7-6-8-20(24)29(31)32)19-12-10-16-14-22(35-2)26(36-3)27(37-4)25(16)17-11-13-23(38-5)21(30)15-18(17)19/h6-9,11,13-15,19H,10,12H2,1-5H3/t19-/m0/s1. The van der Waals surface area contributed by atoms with Crippen molar-refractivity contribution in [1.82, 2.24) is 4.31 Å². The Kier molecular flexibility index (Phi) is 8.19. The third-order valence-electron chi connectivity index (χ3n) is 6.85. The fourth-order valence-electron chi connectivity index (χ4n) is 4.97. The third-order valence-corrected chi connectivity index (χ3v) is 9.54. The van der Waals surface area contributed by atoms with Crippen molar-refractivity contribution in [3.63, 3.8) is 0 Å². The van der Waals surface area contributed by atoms with Crippen LogP contribution >= 0.6 is 11.8 Å². The van der Waals surface area contributed by atoms with E-state index in [1.807, 2.05) is 6.07 Å². The maximum atomic E-state index is 13.8. The topological polar surface area (TPSA) is 125 Å². The zero-order valence-electron chi connectivity index (χ0n) is 22.1. The van der Waals surface area contributed by atoms with E-state index in [2.05, 4.69) is 0 Å². The lowest BCUT2D eigenvalue weighted by atomic mass is 9.95. The molecule has 0 N–H and O–H groups in total. The number of benzene rings is 2. The van der Waals surface area contributed by atoms with Crippen LogP contribution in [-0.2, 0) is 16.4 Å². The second-order valence-electron chi connectivity index (χ2n) is 8.76. The van der Waals surface area contributed by atoms with Crippen LogP contribution in [0.15, 0.2) is 63.1 Å². The van der Waals surface area contributed by atoms with E-state index in [0.29, 0.717) is 45.3 Å². The highest BCUT2D eigenvalue weighted by Crippen LogP contribution is 2.51. The van der Waals surface area contributed by atoms with Crippen LogP contribution in [0.2, 0.25) is 0 Å². The van der Waals surface area contributed by atoms with Gasteiger partial charge in [0.2, 0.25) is 15.8 Å². The highest BCUT2D eigenvalue weighted by atomic mass is 32.2. The largest absolute Gasteiger partial charge is 0.493 e. The molecule has 12 heteroatoms. The molecule has 0 unspecified atom stereocenters. The summed E-state index contributed by atoms with van der Waals surface area (Å²) in [7, 11) is 1.53. The number of nitro groups is 1. The van der Waals surface area contributed by atoms with Gasteiger partial charge in [-0.3, -0.25) is 14.9 Å². The number of sulfonamides is 1. The van der Waals surface area contributed by atoms with Crippen LogP contribution in [0.3, 0.4) is 0 Å². The van der Waals surface area contributed by atoms with Gasteiger partial charge in [-0.25, -0.2) is 8.42 Å². The van der Waals surface area contributed by atoms with E-state index in [0.717, 1.165) is 15.9 Å². The molecule has 0 aromatic heterocycles. The monoisotopic (exact) mass is 572 g/mol. The number of hydrogen-bond donors (Lipinski definition) is 0. The molecule has 10 nitrogen and oxygen atoms in total. The summed E-state index contributed by atoms with van der Waals surface area (Å²) in [5, 5.41) is 11.7. The van der Waals surface area contributed by atoms with Crippen molar-refractivity contribution >= 4 is 27.5 Å². The van der Waals surface area contributed by atoms with Crippen LogP contribution in [0.1, 0.15) is 23.6 Å². The first-order valence-electron chi connectivity index (χ1n) is 11.9. The zero-order chi connectivity index (χ0) is 28.5. The molecule has 1 aliphatic rings. The smallest absolute Gasteiger partial charge is 0.289 e. The fourth-order valence-corrected chi connectivity index (χ4v) is 6.96. The van der Waals surface area contributed by atoms with Gasteiger partial charge in [0.25, 0.3) is 5.69 Å². The summed E-state index contributed by atoms with van der Waals surface area (Å²) in [4.78, 5) is 24.2. The minimum atomic E-state index is -4.35. The van der Waals surface area contributed by atoms with Gasteiger partial charge in [-0.15, -0.1) is 11.8 Å². The normalized spacial score (nSPS) is 14.7. The first kappa shape index (κ1) is 28.4. The molecule has 0 aliphatic heterocycles. The van der Waals surface area contributed by atoms with Gasteiger partial charge in [-0.1, -0.05) is 18.2 Å². The number of nitro benzene ring substituents is 1. The first-order valence-corrected chi connectivity index (χ1v) is 14.5. The van der Waals surface area contributed by atoms with Crippen molar-refractivity contribution in [2.45, 2.75) is 28.7 Å². The molecule has 0 saturated carbocycles. The average molecular weight is 573 g/mol. The van der Waals surface area contributed by atoms with Crippen LogP contribution in [0, 0.1) is 10.1 Å². The van der Waals surface area contributed by atoms with E-state index in [1.54, 1.807) is 18.4 Å². The Morgan fingerprint density at radius 2 is 1.72 bits per heavy atom. The van der Waals surface area contributed by atoms with Crippen LogP contribution in [-0.4, -0.2) is 52.3 Å². The number of fused-ring (bicyclic) bond motifs is 3. The minimum Gasteiger partial charge on any atom is -0.493 e. The Hall–Kier alpha value is -3.61. The number of aryl methyl sites for hydroxylation is 1. The summed E-state index contributed by atoms with van der Waals surface area (Å²) >= 11 is 1.28. The lowest BCUT2D eigenvalue weighted by molar-refractivity contribution is -0.387. The van der Waals surface area contributed by atoms with Crippen molar-refractivity contribution in [2.24, 2.45) is 0 Å². The molecule has 0 bridgehead atoms. The molecular formula is C27H28N2O8S2. The third kappa shape index (κ3) is 4.95. The Morgan fingerprint density at radius 3 is 2.33 bits per heavy atom. The minimum absolute atomic E-state index is 0.270. The maximum Gasteiger partial charge on any atom is 0.289 e. The van der Waals surface area contributed by atoms with Gasteiger partial charge in [0, 0.05) is 18.7 Å². The van der Waals surface area contributed by atoms with Crippen LogP contribution in [0.25, 0.3) is 11.1 Å². The Morgan fingerprint density at radius 1 is 1.03 bits per heavy atom. The molecule has 3 aromatic rings. The molecule has 39 heavy (non-hydrogen) atoms. The second-order valence-corrected chi connectivity index (χ2v) is 11.6.